The monoisotopic (exact) mass is 229 g/mol. The first-order chi connectivity index (χ1) is 8.31. The van der Waals surface area contributed by atoms with Gasteiger partial charge in [0.05, 0.1) is 6.61 Å². The van der Waals surface area contributed by atoms with E-state index in [0.29, 0.717) is 6.61 Å². The lowest BCUT2D eigenvalue weighted by atomic mass is 10.0. The molecule has 1 aromatic heterocycles. The lowest BCUT2D eigenvalue weighted by Crippen LogP contribution is -2.00. The molecule has 17 heavy (non-hydrogen) atoms. The Balaban J connectivity index is 2.17. The Morgan fingerprint density at radius 1 is 1.18 bits per heavy atom. The maximum Gasteiger partial charge on any atom is 0.119 e. The summed E-state index contributed by atoms with van der Waals surface area (Å²) >= 11 is 0. The molecule has 0 saturated heterocycles. The zero-order valence-electron chi connectivity index (χ0n) is 9.71. The van der Waals surface area contributed by atoms with Crippen molar-refractivity contribution in [3.63, 3.8) is 0 Å². The quantitative estimate of drug-likeness (QED) is 0.876. The zero-order chi connectivity index (χ0) is 12.1. The molecular weight excluding hydrogens is 214 g/mol. The van der Waals surface area contributed by atoms with Gasteiger partial charge >= 0.3 is 0 Å². The molecule has 0 spiro atoms. The van der Waals surface area contributed by atoms with Crippen molar-refractivity contribution in [3.8, 4) is 5.75 Å². The van der Waals surface area contributed by atoms with Crippen LogP contribution in [0.5, 0.6) is 5.75 Å². The van der Waals surface area contributed by atoms with Crippen LogP contribution in [0, 0.1) is 0 Å². The van der Waals surface area contributed by atoms with Crippen molar-refractivity contribution < 1.29 is 9.84 Å². The Kier molecular flexibility index (Phi) is 3.73. The number of aliphatic hydroxyl groups excluding tert-OH is 1. The van der Waals surface area contributed by atoms with E-state index in [-0.39, 0.29) is 0 Å². The van der Waals surface area contributed by atoms with Gasteiger partial charge in [-0.1, -0.05) is 18.2 Å². The molecule has 1 unspecified atom stereocenters. The highest BCUT2D eigenvalue weighted by molar-refractivity contribution is 5.33. The van der Waals surface area contributed by atoms with Crippen LogP contribution in [0.2, 0.25) is 0 Å². The summed E-state index contributed by atoms with van der Waals surface area (Å²) < 4.78 is 5.35. The summed E-state index contributed by atoms with van der Waals surface area (Å²) in [5, 5.41) is 10.1. The average Bonchev–Trinajstić information content (AvgIpc) is 2.40. The third-order valence-electron chi connectivity index (χ3n) is 2.51. The van der Waals surface area contributed by atoms with Crippen LogP contribution in [0.15, 0.2) is 48.8 Å². The van der Waals surface area contributed by atoms with E-state index in [4.69, 9.17) is 4.74 Å². The smallest absolute Gasteiger partial charge is 0.119 e. The molecule has 0 saturated carbocycles. The number of ether oxygens (including phenoxy) is 1. The Hall–Kier alpha value is -1.87. The van der Waals surface area contributed by atoms with E-state index in [1.165, 1.54) is 0 Å². The predicted octanol–water partition coefficient (Wildman–Crippen LogP) is 2.56. The van der Waals surface area contributed by atoms with Crippen LogP contribution in [0.25, 0.3) is 0 Å². The van der Waals surface area contributed by atoms with Crippen molar-refractivity contribution >= 4 is 0 Å². The highest BCUT2D eigenvalue weighted by atomic mass is 16.5. The number of aromatic nitrogens is 1. The van der Waals surface area contributed by atoms with Gasteiger partial charge in [0.25, 0.3) is 0 Å². The Morgan fingerprint density at radius 3 is 2.53 bits per heavy atom. The number of benzene rings is 1. The van der Waals surface area contributed by atoms with Gasteiger partial charge in [0.2, 0.25) is 0 Å². The molecule has 0 radical (unpaired) electrons. The first-order valence-corrected chi connectivity index (χ1v) is 5.62. The average molecular weight is 229 g/mol. The number of nitrogens with zero attached hydrogens (tertiary/aromatic N) is 1. The summed E-state index contributed by atoms with van der Waals surface area (Å²) in [5.41, 5.74) is 1.62. The zero-order valence-corrected chi connectivity index (χ0v) is 9.71. The van der Waals surface area contributed by atoms with E-state index in [1.807, 2.05) is 43.3 Å². The number of pyridine rings is 1. The molecule has 1 atom stereocenters. The van der Waals surface area contributed by atoms with Gasteiger partial charge in [-0.2, -0.15) is 0 Å². The van der Waals surface area contributed by atoms with Crippen molar-refractivity contribution in [2.75, 3.05) is 6.61 Å². The molecule has 1 N–H and O–H groups in total. The molecule has 1 heterocycles. The van der Waals surface area contributed by atoms with Gasteiger partial charge in [-0.05, 0) is 30.7 Å². The second kappa shape index (κ2) is 5.46. The molecule has 3 nitrogen and oxygen atoms in total. The van der Waals surface area contributed by atoms with Gasteiger partial charge in [0, 0.05) is 18.0 Å². The number of hydrogen-bond donors (Lipinski definition) is 1. The number of aliphatic hydroxyl groups is 1. The molecule has 3 heteroatoms. The molecule has 1 aromatic carbocycles. The largest absolute Gasteiger partial charge is 0.494 e. The maximum atomic E-state index is 10.1. The Labute approximate surface area is 101 Å². The van der Waals surface area contributed by atoms with E-state index >= 15 is 0 Å². The topological polar surface area (TPSA) is 42.4 Å². The molecule has 2 aromatic rings. The lowest BCUT2D eigenvalue weighted by Gasteiger charge is -2.11. The van der Waals surface area contributed by atoms with Crippen LogP contribution in [0.3, 0.4) is 0 Å². The molecule has 0 fully saturated rings. The summed E-state index contributed by atoms with van der Waals surface area (Å²) in [7, 11) is 0. The van der Waals surface area contributed by atoms with Crippen LogP contribution in [0.4, 0.5) is 0 Å². The van der Waals surface area contributed by atoms with Gasteiger partial charge in [-0.15, -0.1) is 0 Å². The minimum absolute atomic E-state index is 0.639. The maximum absolute atomic E-state index is 10.1. The third-order valence-corrected chi connectivity index (χ3v) is 2.51. The summed E-state index contributed by atoms with van der Waals surface area (Å²) in [5.74, 6) is 0.814. The predicted molar refractivity (Wildman–Crippen MR) is 65.9 cm³/mol. The van der Waals surface area contributed by atoms with Gasteiger partial charge in [-0.3, -0.25) is 4.98 Å². The van der Waals surface area contributed by atoms with E-state index in [9.17, 15) is 5.11 Å². The molecule has 0 aliphatic rings. The van der Waals surface area contributed by atoms with Gasteiger partial charge in [-0.25, -0.2) is 0 Å². The fraction of sp³-hybridized carbons (Fsp3) is 0.214. The van der Waals surface area contributed by atoms with Crippen LogP contribution in [-0.2, 0) is 0 Å². The minimum Gasteiger partial charge on any atom is -0.494 e. The molecular formula is C14H15NO2. The highest BCUT2D eigenvalue weighted by Crippen LogP contribution is 2.23. The Morgan fingerprint density at radius 2 is 1.94 bits per heavy atom. The minimum atomic E-state index is -0.639. The molecule has 0 amide bonds. The lowest BCUT2D eigenvalue weighted by molar-refractivity contribution is 0.219. The SMILES string of the molecule is CCOc1ccc(C(O)c2cccnc2)cc1. The number of hydrogen-bond acceptors (Lipinski definition) is 3. The molecule has 2 rings (SSSR count). The van der Waals surface area contributed by atoms with Crippen LogP contribution in [-0.4, -0.2) is 16.7 Å². The van der Waals surface area contributed by atoms with Crippen LogP contribution >= 0.6 is 0 Å². The molecule has 0 aliphatic heterocycles. The first kappa shape index (κ1) is 11.6. The fourth-order valence-corrected chi connectivity index (χ4v) is 1.64. The summed E-state index contributed by atoms with van der Waals surface area (Å²) in [6.07, 6.45) is 2.72. The van der Waals surface area contributed by atoms with Crippen molar-refractivity contribution in [3.05, 3.63) is 59.9 Å². The highest BCUT2D eigenvalue weighted by Gasteiger charge is 2.09. The van der Waals surface area contributed by atoms with Crippen LogP contribution < -0.4 is 4.74 Å². The second-order valence-electron chi connectivity index (χ2n) is 3.69. The Bertz CT molecular complexity index is 453. The summed E-state index contributed by atoms with van der Waals surface area (Å²) in [4.78, 5) is 3.99. The van der Waals surface area contributed by atoms with E-state index < -0.39 is 6.10 Å². The standard InChI is InChI=1S/C14H15NO2/c1-2-17-13-7-5-11(6-8-13)14(16)12-4-3-9-15-10-12/h3-10,14,16H,2H2,1H3. The molecule has 88 valence electrons. The first-order valence-electron chi connectivity index (χ1n) is 5.62. The van der Waals surface area contributed by atoms with Gasteiger partial charge in [0.1, 0.15) is 11.9 Å². The molecule has 0 bridgehead atoms. The van der Waals surface area contributed by atoms with Crippen molar-refractivity contribution in [2.24, 2.45) is 0 Å². The van der Waals surface area contributed by atoms with Crippen molar-refractivity contribution in [1.29, 1.82) is 0 Å². The summed E-state index contributed by atoms with van der Waals surface area (Å²) in [6.45, 7) is 2.59. The van der Waals surface area contributed by atoms with Crippen LogP contribution in [0.1, 0.15) is 24.2 Å². The van der Waals surface area contributed by atoms with Crippen molar-refractivity contribution in [2.45, 2.75) is 13.0 Å². The van der Waals surface area contributed by atoms with Crippen molar-refractivity contribution in [1.82, 2.24) is 4.98 Å². The summed E-state index contributed by atoms with van der Waals surface area (Å²) in [6, 6.07) is 11.1. The van der Waals surface area contributed by atoms with Gasteiger partial charge in [0.15, 0.2) is 0 Å². The number of rotatable bonds is 4. The van der Waals surface area contributed by atoms with E-state index in [2.05, 4.69) is 4.98 Å². The van der Waals surface area contributed by atoms with E-state index in [0.717, 1.165) is 16.9 Å². The van der Waals surface area contributed by atoms with Gasteiger partial charge < -0.3 is 9.84 Å². The fourth-order valence-electron chi connectivity index (χ4n) is 1.64. The normalized spacial score (nSPS) is 12.1. The molecule has 0 aliphatic carbocycles. The second-order valence-corrected chi connectivity index (χ2v) is 3.69. The third kappa shape index (κ3) is 2.82. The van der Waals surface area contributed by atoms with E-state index in [1.54, 1.807) is 12.4 Å².